The zero-order valence-corrected chi connectivity index (χ0v) is 23.5. The number of aromatic nitrogens is 4. The molecule has 0 saturated carbocycles. The van der Waals surface area contributed by atoms with E-state index >= 15 is 0 Å². The van der Waals surface area contributed by atoms with E-state index in [1.807, 2.05) is 18.2 Å². The number of amides is 2. The van der Waals surface area contributed by atoms with Crippen LogP contribution in [0.5, 0.6) is 11.5 Å². The largest absolute Gasteiger partial charge is 0.454 e. The van der Waals surface area contributed by atoms with E-state index in [1.54, 1.807) is 36.7 Å². The van der Waals surface area contributed by atoms with Crippen LogP contribution in [0.1, 0.15) is 16.1 Å². The summed E-state index contributed by atoms with van der Waals surface area (Å²) in [6, 6.07) is 21.2. The van der Waals surface area contributed by atoms with E-state index in [4.69, 9.17) is 4.74 Å². The van der Waals surface area contributed by atoms with Gasteiger partial charge in [-0.2, -0.15) is 0 Å². The Bertz CT molecular complexity index is 2040. The Morgan fingerprint density at radius 1 is 0.933 bits per heavy atom. The zero-order chi connectivity index (χ0) is 31.3. The van der Waals surface area contributed by atoms with Crippen molar-refractivity contribution in [3.8, 4) is 22.9 Å². The Morgan fingerprint density at radius 2 is 1.73 bits per heavy atom. The molecule has 10 nitrogen and oxygen atoms in total. The number of rotatable bonds is 9. The summed E-state index contributed by atoms with van der Waals surface area (Å²) in [5.74, 6) is -2.38. The summed E-state index contributed by atoms with van der Waals surface area (Å²) in [5.41, 5.74) is 1.66. The first-order valence-corrected chi connectivity index (χ1v) is 13.7. The number of hydrogen-bond donors (Lipinski definition) is 3. The summed E-state index contributed by atoms with van der Waals surface area (Å²) in [5, 5.41) is 6.27. The minimum atomic E-state index is -0.872. The third-order valence-electron chi connectivity index (χ3n) is 6.82. The molecule has 2 amide bonds. The lowest BCUT2D eigenvalue weighted by atomic mass is 10.2. The van der Waals surface area contributed by atoms with Gasteiger partial charge in [0.25, 0.3) is 11.5 Å². The smallest absolute Gasteiger partial charge is 0.278 e. The van der Waals surface area contributed by atoms with Crippen LogP contribution in [0.25, 0.3) is 22.3 Å². The van der Waals surface area contributed by atoms with E-state index in [0.29, 0.717) is 11.6 Å². The van der Waals surface area contributed by atoms with Crippen molar-refractivity contribution in [2.24, 2.45) is 0 Å². The van der Waals surface area contributed by atoms with Crippen LogP contribution in [0.15, 0.2) is 108 Å². The first kappa shape index (κ1) is 28.9. The average molecular weight is 607 g/mol. The fourth-order valence-electron chi connectivity index (χ4n) is 4.62. The van der Waals surface area contributed by atoms with E-state index in [1.165, 1.54) is 35.0 Å². The van der Waals surface area contributed by atoms with Crippen molar-refractivity contribution in [2.45, 2.75) is 13.1 Å². The Kier molecular flexibility index (Phi) is 8.10. The number of halogens is 2. The molecule has 0 unspecified atom stereocenters. The highest BCUT2D eigenvalue weighted by molar-refractivity contribution is 6.04. The van der Waals surface area contributed by atoms with Gasteiger partial charge in [-0.3, -0.25) is 23.9 Å². The molecule has 3 heterocycles. The SMILES string of the molecule is O=C(Cn1c(-c2ccccc2)ncc(NC(=O)c2ccc(Oc3ccc(F)cc3F)cc2)c1=O)NCc1cc2cnccc2[nH]1. The molecule has 45 heavy (non-hydrogen) atoms. The molecule has 0 aliphatic heterocycles. The normalized spacial score (nSPS) is 10.9. The molecule has 0 radical (unpaired) electrons. The van der Waals surface area contributed by atoms with Crippen molar-refractivity contribution in [2.75, 3.05) is 5.32 Å². The maximum atomic E-state index is 13.9. The lowest BCUT2D eigenvalue weighted by molar-refractivity contribution is -0.121. The number of nitrogens with one attached hydrogen (secondary N) is 3. The molecule has 0 atom stereocenters. The predicted molar refractivity (Wildman–Crippen MR) is 163 cm³/mol. The maximum Gasteiger partial charge on any atom is 0.278 e. The molecule has 224 valence electrons. The second-order valence-electron chi connectivity index (χ2n) is 9.94. The van der Waals surface area contributed by atoms with Crippen molar-refractivity contribution in [3.63, 3.8) is 0 Å². The predicted octanol–water partition coefficient (Wildman–Crippen LogP) is 5.43. The van der Waals surface area contributed by atoms with Gasteiger partial charge in [-0.1, -0.05) is 30.3 Å². The van der Waals surface area contributed by atoms with Crippen LogP contribution in [0.3, 0.4) is 0 Å². The third kappa shape index (κ3) is 6.59. The van der Waals surface area contributed by atoms with Gasteiger partial charge in [-0.25, -0.2) is 13.8 Å². The number of aromatic amines is 1. The number of fused-ring (bicyclic) bond motifs is 1. The first-order valence-electron chi connectivity index (χ1n) is 13.7. The van der Waals surface area contributed by atoms with Gasteiger partial charge in [-0.15, -0.1) is 0 Å². The molecule has 0 fully saturated rings. The summed E-state index contributed by atoms with van der Waals surface area (Å²) in [4.78, 5) is 51.4. The molecule has 3 aromatic carbocycles. The van der Waals surface area contributed by atoms with Crippen molar-refractivity contribution < 1.29 is 23.1 Å². The molecule has 0 bridgehead atoms. The summed E-state index contributed by atoms with van der Waals surface area (Å²) in [6.07, 6.45) is 4.62. The Balaban J connectivity index is 1.19. The molecule has 3 aromatic heterocycles. The van der Waals surface area contributed by atoms with Gasteiger partial charge < -0.3 is 20.4 Å². The number of benzene rings is 3. The number of H-pyrrole nitrogens is 1. The second-order valence-corrected chi connectivity index (χ2v) is 9.94. The van der Waals surface area contributed by atoms with E-state index in [9.17, 15) is 23.2 Å². The van der Waals surface area contributed by atoms with Crippen molar-refractivity contribution in [3.05, 3.63) is 137 Å². The van der Waals surface area contributed by atoms with Crippen molar-refractivity contribution in [1.29, 1.82) is 0 Å². The molecule has 6 aromatic rings. The molecule has 0 aliphatic carbocycles. The summed E-state index contributed by atoms with van der Waals surface area (Å²) in [6.45, 7) is -0.159. The molecular formula is C33H24F2N6O4. The lowest BCUT2D eigenvalue weighted by Crippen LogP contribution is -2.35. The van der Waals surface area contributed by atoms with Crippen LogP contribution in [-0.4, -0.2) is 31.3 Å². The summed E-state index contributed by atoms with van der Waals surface area (Å²) in [7, 11) is 0. The average Bonchev–Trinajstić information content (AvgIpc) is 3.47. The molecule has 0 spiro atoms. The number of ether oxygens (including phenoxy) is 1. The number of nitrogens with zero attached hydrogens (tertiary/aromatic N) is 3. The highest BCUT2D eigenvalue weighted by Gasteiger charge is 2.18. The Morgan fingerprint density at radius 3 is 2.49 bits per heavy atom. The third-order valence-corrected chi connectivity index (χ3v) is 6.82. The van der Waals surface area contributed by atoms with Gasteiger partial charge in [0.1, 0.15) is 29.6 Å². The number of carbonyl (C=O) groups is 2. The Hall–Kier alpha value is -6.17. The number of pyridine rings is 1. The monoisotopic (exact) mass is 606 g/mol. The van der Waals surface area contributed by atoms with Gasteiger partial charge >= 0.3 is 0 Å². The summed E-state index contributed by atoms with van der Waals surface area (Å²) < 4.78 is 33.7. The van der Waals surface area contributed by atoms with E-state index in [-0.39, 0.29) is 41.7 Å². The van der Waals surface area contributed by atoms with Crippen LogP contribution >= 0.6 is 0 Å². The van der Waals surface area contributed by atoms with Gasteiger partial charge in [0, 0.05) is 46.2 Å². The van der Waals surface area contributed by atoms with Crippen molar-refractivity contribution in [1.82, 2.24) is 24.8 Å². The lowest BCUT2D eigenvalue weighted by Gasteiger charge is -2.14. The first-order chi connectivity index (χ1) is 21.8. The van der Waals surface area contributed by atoms with Gasteiger partial charge in [-0.05, 0) is 48.5 Å². The van der Waals surface area contributed by atoms with Crippen LogP contribution in [0, 0.1) is 11.6 Å². The minimum Gasteiger partial charge on any atom is -0.454 e. The van der Waals surface area contributed by atoms with Gasteiger partial charge in [0.2, 0.25) is 5.91 Å². The molecule has 6 rings (SSSR count). The molecule has 12 heteroatoms. The summed E-state index contributed by atoms with van der Waals surface area (Å²) >= 11 is 0. The second kappa shape index (κ2) is 12.6. The molecule has 0 aliphatic rings. The number of hydrogen-bond acceptors (Lipinski definition) is 6. The van der Waals surface area contributed by atoms with E-state index in [2.05, 4.69) is 25.6 Å². The molecule has 3 N–H and O–H groups in total. The van der Waals surface area contributed by atoms with Crippen LogP contribution < -0.4 is 20.9 Å². The highest BCUT2D eigenvalue weighted by atomic mass is 19.1. The Labute approximate surface area is 254 Å². The van der Waals surface area contributed by atoms with E-state index < -0.39 is 29.0 Å². The van der Waals surface area contributed by atoms with E-state index in [0.717, 1.165) is 28.7 Å². The quantitative estimate of drug-likeness (QED) is 0.201. The molecule has 0 saturated heterocycles. The van der Waals surface area contributed by atoms with Crippen molar-refractivity contribution >= 4 is 28.4 Å². The fraction of sp³-hybridized carbons (Fsp3) is 0.0606. The van der Waals surface area contributed by atoms with Gasteiger partial charge in [0.05, 0.1) is 12.7 Å². The van der Waals surface area contributed by atoms with Gasteiger partial charge in [0.15, 0.2) is 11.6 Å². The number of carbonyl (C=O) groups excluding carboxylic acids is 2. The van der Waals surface area contributed by atoms with Crippen LogP contribution in [-0.2, 0) is 17.9 Å². The fourth-order valence-corrected chi connectivity index (χ4v) is 4.62. The standard InChI is InChI=1S/C33H24F2N6O4/c34-23-8-11-29(26(35)15-23)45-25-9-6-21(7-10-25)32(43)40-28-18-38-31(20-4-2-1-3-5-20)41(33(28)44)19-30(42)37-17-24-14-22-16-36-13-12-27(22)39-24/h1-16,18,39H,17,19H2,(H,37,42)(H,40,43). The van der Waals surface area contributed by atoms with Crippen LogP contribution in [0.4, 0.5) is 14.5 Å². The van der Waals surface area contributed by atoms with Crippen LogP contribution in [0.2, 0.25) is 0 Å². The topological polar surface area (TPSA) is 131 Å². The zero-order valence-electron chi connectivity index (χ0n) is 23.5. The molecular weight excluding hydrogens is 582 g/mol. The highest BCUT2D eigenvalue weighted by Crippen LogP contribution is 2.25. The number of anilines is 1. The maximum absolute atomic E-state index is 13.9. The minimum absolute atomic E-state index is 0.135.